The maximum atomic E-state index is 13.6. The van der Waals surface area contributed by atoms with Gasteiger partial charge in [-0.3, -0.25) is 19.3 Å². The third-order valence-corrected chi connectivity index (χ3v) is 6.60. The molecule has 1 atom stereocenters. The first-order chi connectivity index (χ1) is 15.2. The van der Waals surface area contributed by atoms with Crippen LogP contribution >= 0.6 is 15.9 Å². The Kier molecular flexibility index (Phi) is 6.11. The van der Waals surface area contributed by atoms with E-state index in [0.29, 0.717) is 41.3 Å². The lowest BCUT2D eigenvalue weighted by Crippen LogP contribution is -2.45. The van der Waals surface area contributed by atoms with E-state index < -0.39 is 24.0 Å². The smallest absolute Gasteiger partial charge is 0.341 e. The fourth-order valence-corrected chi connectivity index (χ4v) is 4.67. The Balaban J connectivity index is 1.41. The summed E-state index contributed by atoms with van der Waals surface area (Å²) in [5, 5.41) is 2.15. The molecule has 1 aliphatic heterocycles. The Morgan fingerprint density at radius 2 is 1.47 bits per heavy atom. The summed E-state index contributed by atoms with van der Waals surface area (Å²) in [6.45, 7) is 0. The summed E-state index contributed by atoms with van der Waals surface area (Å²) in [5.74, 6) is -1.99. The van der Waals surface area contributed by atoms with Crippen molar-refractivity contribution < 1.29 is 27.6 Å². The van der Waals surface area contributed by atoms with Gasteiger partial charge in [-0.15, -0.1) is 0 Å². The quantitative estimate of drug-likeness (QED) is 0.589. The van der Waals surface area contributed by atoms with Crippen LogP contribution < -0.4 is 5.32 Å². The third kappa shape index (κ3) is 4.30. The van der Waals surface area contributed by atoms with E-state index >= 15 is 0 Å². The number of carbonyl (C=O) groups excluding carboxylic acids is 3. The second-order valence-electron chi connectivity index (χ2n) is 8.07. The molecular formula is C23H20BrF3N2O3. The molecule has 3 amide bonds. The van der Waals surface area contributed by atoms with Crippen molar-refractivity contribution in [2.75, 3.05) is 0 Å². The summed E-state index contributed by atoms with van der Waals surface area (Å²) in [6, 6.07) is 9.76. The highest BCUT2D eigenvalue weighted by Gasteiger charge is 2.44. The molecule has 4 rings (SSSR count). The molecule has 5 nitrogen and oxygen atoms in total. The average Bonchev–Trinajstić information content (AvgIpc) is 3.02. The van der Waals surface area contributed by atoms with Crippen LogP contribution in [-0.2, 0) is 4.79 Å². The monoisotopic (exact) mass is 508 g/mol. The molecule has 168 valence electrons. The van der Waals surface area contributed by atoms with Crippen LogP contribution in [0.15, 0.2) is 53.0 Å². The van der Waals surface area contributed by atoms with E-state index in [9.17, 15) is 27.6 Å². The van der Waals surface area contributed by atoms with Gasteiger partial charge in [0.05, 0.1) is 11.1 Å². The van der Waals surface area contributed by atoms with Crippen molar-refractivity contribution in [1.82, 2.24) is 10.2 Å². The number of nitrogens with one attached hydrogen (secondary N) is 1. The number of hydrogen-bond acceptors (Lipinski definition) is 3. The van der Waals surface area contributed by atoms with Gasteiger partial charge in [0.2, 0.25) is 5.91 Å². The van der Waals surface area contributed by atoms with Crippen molar-refractivity contribution in [3.63, 3.8) is 0 Å². The minimum atomic E-state index is -4.64. The second-order valence-corrected chi connectivity index (χ2v) is 8.98. The maximum absolute atomic E-state index is 13.6. The number of rotatable bonds is 4. The van der Waals surface area contributed by atoms with Crippen molar-refractivity contribution in [1.29, 1.82) is 0 Å². The average molecular weight is 509 g/mol. The van der Waals surface area contributed by atoms with Crippen LogP contribution in [0.2, 0.25) is 0 Å². The molecule has 0 bridgehead atoms. The number of benzene rings is 2. The number of alkyl halides is 3. The first-order valence-electron chi connectivity index (χ1n) is 10.3. The number of amides is 3. The normalized spacial score (nSPS) is 21.9. The van der Waals surface area contributed by atoms with Gasteiger partial charge >= 0.3 is 6.18 Å². The van der Waals surface area contributed by atoms with E-state index in [1.54, 1.807) is 24.3 Å². The zero-order valence-corrected chi connectivity index (χ0v) is 18.4. The van der Waals surface area contributed by atoms with Crippen LogP contribution in [0.1, 0.15) is 58.0 Å². The van der Waals surface area contributed by atoms with Crippen LogP contribution in [0.25, 0.3) is 0 Å². The molecule has 1 N–H and O–H groups in total. The molecule has 0 unspecified atom stereocenters. The number of halogens is 4. The lowest BCUT2D eigenvalue weighted by molar-refractivity contribution is -0.165. The first kappa shape index (κ1) is 22.5. The van der Waals surface area contributed by atoms with Crippen LogP contribution in [0.4, 0.5) is 13.2 Å². The zero-order valence-electron chi connectivity index (χ0n) is 16.9. The Morgan fingerprint density at radius 3 is 1.97 bits per heavy atom. The minimum Gasteiger partial charge on any atom is -0.341 e. The van der Waals surface area contributed by atoms with Crippen molar-refractivity contribution in [3.05, 3.63) is 69.7 Å². The highest BCUT2D eigenvalue weighted by atomic mass is 79.9. The number of hydrogen-bond donors (Lipinski definition) is 1. The van der Waals surface area contributed by atoms with E-state index in [2.05, 4.69) is 21.2 Å². The van der Waals surface area contributed by atoms with Crippen molar-refractivity contribution in [2.45, 2.75) is 43.9 Å². The van der Waals surface area contributed by atoms with Gasteiger partial charge in [0, 0.05) is 16.4 Å². The van der Waals surface area contributed by atoms with Gasteiger partial charge in [-0.2, -0.15) is 13.2 Å². The van der Waals surface area contributed by atoms with Crippen molar-refractivity contribution in [3.8, 4) is 0 Å². The summed E-state index contributed by atoms with van der Waals surface area (Å²) in [4.78, 5) is 39.2. The van der Waals surface area contributed by atoms with Gasteiger partial charge in [0.25, 0.3) is 11.8 Å². The molecule has 1 saturated carbocycles. The third-order valence-electron chi connectivity index (χ3n) is 6.08. The Labute approximate surface area is 191 Å². The Morgan fingerprint density at radius 1 is 0.938 bits per heavy atom. The molecule has 0 spiro atoms. The molecule has 1 fully saturated rings. The predicted molar refractivity (Wildman–Crippen MR) is 114 cm³/mol. The van der Waals surface area contributed by atoms with Gasteiger partial charge in [0.15, 0.2) is 6.04 Å². The van der Waals surface area contributed by atoms with E-state index in [1.165, 1.54) is 29.2 Å². The summed E-state index contributed by atoms with van der Waals surface area (Å²) in [5.41, 5.74) is 0.675. The zero-order chi connectivity index (χ0) is 23.0. The molecular weight excluding hydrogens is 489 g/mol. The summed E-state index contributed by atoms with van der Waals surface area (Å²) < 4.78 is 41.5. The molecule has 2 aromatic rings. The van der Waals surface area contributed by atoms with Crippen LogP contribution in [-0.4, -0.2) is 34.8 Å². The minimum absolute atomic E-state index is 0.0474. The van der Waals surface area contributed by atoms with Gasteiger partial charge in [-0.1, -0.05) is 40.2 Å². The summed E-state index contributed by atoms with van der Waals surface area (Å²) >= 11 is 3.19. The molecule has 0 aromatic heterocycles. The number of carbonyl (C=O) groups is 3. The predicted octanol–water partition coefficient (Wildman–Crippen LogP) is 5.02. The number of nitrogens with zero attached hydrogens (tertiary/aromatic N) is 1. The molecule has 1 aliphatic carbocycles. The highest BCUT2D eigenvalue weighted by Crippen LogP contribution is 2.36. The van der Waals surface area contributed by atoms with Crippen molar-refractivity contribution >= 4 is 33.7 Å². The Hall–Kier alpha value is -2.68. The fourth-order valence-electron chi connectivity index (χ4n) is 4.41. The number of imide groups is 1. The largest absolute Gasteiger partial charge is 0.412 e. The van der Waals surface area contributed by atoms with E-state index in [0.717, 1.165) is 0 Å². The van der Waals surface area contributed by atoms with Crippen LogP contribution in [0.3, 0.4) is 0 Å². The van der Waals surface area contributed by atoms with Gasteiger partial charge in [0.1, 0.15) is 0 Å². The van der Waals surface area contributed by atoms with Gasteiger partial charge in [-0.05, 0) is 55.5 Å². The van der Waals surface area contributed by atoms with Gasteiger partial charge in [-0.25, -0.2) is 0 Å². The summed E-state index contributed by atoms with van der Waals surface area (Å²) in [6.07, 6.45) is -3.29. The highest BCUT2D eigenvalue weighted by molar-refractivity contribution is 9.10. The van der Waals surface area contributed by atoms with Crippen molar-refractivity contribution in [2.24, 2.45) is 5.92 Å². The van der Waals surface area contributed by atoms with E-state index in [1.807, 2.05) is 0 Å². The van der Waals surface area contributed by atoms with E-state index in [-0.39, 0.29) is 23.4 Å². The number of fused-ring (bicyclic) bond motifs is 1. The summed E-state index contributed by atoms with van der Waals surface area (Å²) in [7, 11) is 0. The maximum Gasteiger partial charge on any atom is 0.412 e. The second kappa shape index (κ2) is 8.69. The fraction of sp³-hybridized carbons (Fsp3) is 0.348. The lowest BCUT2D eigenvalue weighted by Gasteiger charge is -2.33. The van der Waals surface area contributed by atoms with Crippen LogP contribution in [0, 0.1) is 5.92 Å². The molecule has 2 aromatic carbocycles. The van der Waals surface area contributed by atoms with Gasteiger partial charge < -0.3 is 5.32 Å². The lowest BCUT2D eigenvalue weighted by atomic mass is 9.84. The molecule has 32 heavy (non-hydrogen) atoms. The van der Waals surface area contributed by atoms with E-state index in [4.69, 9.17) is 0 Å². The molecule has 9 heteroatoms. The molecule has 0 radical (unpaired) electrons. The Bertz CT molecular complexity index is 1010. The topological polar surface area (TPSA) is 66.5 Å². The molecule has 2 aliphatic rings. The molecule has 1 heterocycles. The first-order valence-corrected chi connectivity index (χ1v) is 11.1. The molecule has 0 saturated heterocycles. The van der Waals surface area contributed by atoms with Crippen LogP contribution in [0.5, 0.6) is 0 Å². The standard InChI is InChI=1S/C23H20BrF3N2O3/c24-15-9-5-13(6-10-15)19(23(25,26)27)28-20(30)14-7-11-16(12-8-14)29-21(31)17-3-1-2-4-18(17)22(29)32/h1-6,9-10,14,16,19H,7-8,11-12H2,(H,28,30)/t14?,16?,19-/m0/s1. The SMILES string of the molecule is O=C(N[C@@H](c1ccc(Br)cc1)C(F)(F)F)C1CCC(N2C(=O)c3ccccc3C2=O)CC1.